The van der Waals surface area contributed by atoms with Crippen LogP contribution in [-0.4, -0.2) is 0 Å². The third-order valence-electron chi connectivity index (χ3n) is 2.93. The summed E-state index contributed by atoms with van der Waals surface area (Å²) in [6, 6.07) is 0. The van der Waals surface area contributed by atoms with Gasteiger partial charge in [-0.1, -0.05) is 25.0 Å². The van der Waals surface area contributed by atoms with Gasteiger partial charge in [-0.2, -0.15) is 0 Å². The maximum atomic E-state index is 2.37. The van der Waals surface area contributed by atoms with Gasteiger partial charge in [0.25, 0.3) is 0 Å². The molecule has 0 saturated heterocycles. The van der Waals surface area contributed by atoms with Gasteiger partial charge in [-0.15, -0.1) is 0 Å². The van der Waals surface area contributed by atoms with Gasteiger partial charge in [-0.3, -0.25) is 0 Å². The number of hydrogen-bond acceptors (Lipinski definition) is 0. The van der Waals surface area contributed by atoms with Gasteiger partial charge >= 0.3 is 0 Å². The summed E-state index contributed by atoms with van der Waals surface area (Å²) in [7, 11) is 0. The van der Waals surface area contributed by atoms with Gasteiger partial charge < -0.3 is 0 Å². The Kier molecular flexibility index (Phi) is 1.14. The summed E-state index contributed by atoms with van der Waals surface area (Å²) >= 11 is 0. The Labute approximate surface area is 57.0 Å². The van der Waals surface area contributed by atoms with Crippen LogP contribution in [0.1, 0.15) is 38.5 Å². The molecule has 0 aromatic carbocycles. The van der Waals surface area contributed by atoms with E-state index in [1.165, 1.54) is 38.5 Å². The van der Waals surface area contributed by atoms with Crippen LogP contribution >= 0.6 is 0 Å². The zero-order valence-electron chi connectivity index (χ0n) is 5.90. The van der Waals surface area contributed by atoms with Crippen LogP contribution in [0.4, 0.5) is 0 Å². The van der Waals surface area contributed by atoms with Crippen LogP contribution in [0.15, 0.2) is 12.2 Å². The third kappa shape index (κ3) is 0.810. The zero-order chi connectivity index (χ0) is 6.16. The fraction of sp³-hybridized carbons (Fsp3) is 0.778. The monoisotopic (exact) mass is 122 g/mol. The van der Waals surface area contributed by atoms with E-state index in [9.17, 15) is 0 Å². The van der Waals surface area contributed by atoms with E-state index in [0.717, 1.165) is 5.41 Å². The molecule has 2 aliphatic carbocycles. The molecular weight excluding hydrogens is 108 g/mol. The lowest BCUT2D eigenvalue weighted by molar-refractivity contribution is 0.323. The van der Waals surface area contributed by atoms with Crippen molar-refractivity contribution in [3.8, 4) is 0 Å². The molecule has 1 saturated carbocycles. The summed E-state index contributed by atoms with van der Waals surface area (Å²) in [6.07, 6.45) is 13.5. The van der Waals surface area contributed by atoms with E-state index in [1.54, 1.807) is 0 Å². The van der Waals surface area contributed by atoms with Crippen LogP contribution in [0.5, 0.6) is 0 Å². The quantitative estimate of drug-likeness (QED) is 0.433. The Morgan fingerprint density at radius 1 is 0.889 bits per heavy atom. The van der Waals surface area contributed by atoms with Gasteiger partial charge in [0.15, 0.2) is 0 Å². The lowest BCUT2D eigenvalue weighted by Gasteiger charge is -2.20. The first kappa shape index (κ1) is 5.52. The molecule has 1 fully saturated rings. The highest BCUT2D eigenvalue weighted by molar-refractivity contribution is 5.04. The van der Waals surface area contributed by atoms with Gasteiger partial charge in [0.1, 0.15) is 0 Å². The van der Waals surface area contributed by atoms with Crippen LogP contribution in [0.2, 0.25) is 0 Å². The standard InChI is InChI=1S/C9H14/c1-2-6-9(5-1)7-3-4-8-9/h1-2H,3-8H2. The predicted octanol–water partition coefficient (Wildman–Crippen LogP) is 2.90. The zero-order valence-corrected chi connectivity index (χ0v) is 5.90. The predicted molar refractivity (Wildman–Crippen MR) is 39.3 cm³/mol. The molecule has 1 spiro atoms. The van der Waals surface area contributed by atoms with Gasteiger partial charge in [0.2, 0.25) is 0 Å². The molecule has 0 unspecified atom stereocenters. The molecule has 0 aromatic heterocycles. The largest absolute Gasteiger partial charge is 0.0880 e. The van der Waals surface area contributed by atoms with E-state index in [-0.39, 0.29) is 0 Å². The minimum atomic E-state index is 0.778. The Morgan fingerprint density at radius 2 is 1.44 bits per heavy atom. The fourth-order valence-electron chi connectivity index (χ4n) is 2.28. The fourth-order valence-corrected chi connectivity index (χ4v) is 2.28. The highest BCUT2D eigenvalue weighted by Crippen LogP contribution is 2.47. The van der Waals surface area contributed by atoms with E-state index in [0.29, 0.717) is 0 Å². The van der Waals surface area contributed by atoms with Crippen LogP contribution in [0.3, 0.4) is 0 Å². The summed E-state index contributed by atoms with van der Waals surface area (Å²) in [6.45, 7) is 0. The molecule has 0 nitrogen and oxygen atoms in total. The summed E-state index contributed by atoms with van der Waals surface area (Å²) < 4.78 is 0. The van der Waals surface area contributed by atoms with E-state index in [2.05, 4.69) is 12.2 Å². The minimum absolute atomic E-state index is 0.778. The van der Waals surface area contributed by atoms with E-state index in [1.807, 2.05) is 0 Å². The molecule has 0 bridgehead atoms. The second-order valence-electron chi connectivity index (χ2n) is 3.59. The van der Waals surface area contributed by atoms with Gasteiger partial charge in [0.05, 0.1) is 0 Å². The smallest absolute Gasteiger partial charge is 0.0228 e. The molecular formula is C9H14. The first-order valence-electron chi connectivity index (χ1n) is 4.06. The SMILES string of the molecule is C1=CCC2(C1)CCCC2. The molecule has 0 heteroatoms. The number of allylic oxidation sites excluding steroid dienone is 2. The molecule has 0 N–H and O–H groups in total. The molecule has 2 aliphatic rings. The van der Waals surface area contributed by atoms with Crippen molar-refractivity contribution < 1.29 is 0 Å². The maximum Gasteiger partial charge on any atom is -0.0228 e. The Balaban J connectivity index is 2.07. The topological polar surface area (TPSA) is 0 Å². The normalized spacial score (nSPS) is 30.2. The molecule has 2 rings (SSSR count). The van der Waals surface area contributed by atoms with Crippen molar-refractivity contribution in [3.63, 3.8) is 0 Å². The number of hydrogen-bond donors (Lipinski definition) is 0. The highest BCUT2D eigenvalue weighted by atomic mass is 14.4. The summed E-state index contributed by atoms with van der Waals surface area (Å²) in [5.74, 6) is 0. The first-order valence-corrected chi connectivity index (χ1v) is 4.06. The lowest BCUT2D eigenvalue weighted by Crippen LogP contribution is -2.09. The lowest BCUT2D eigenvalue weighted by atomic mass is 9.84. The van der Waals surface area contributed by atoms with Gasteiger partial charge in [0, 0.05) is 0 Å². The minimum Gasteiger partial charge on any atom is -0.0880 e. The van der Waals surface area contributed by atoms with Crippen LogP contribution < -0.4 is 0 Å². The summed E-state index contributed by atoms with van der Waals surface area (Å²) in [5, 5.41) is 0. The molecule has 0 heterocycles. The van der Waals surface area contributed by atoms with Crippen molar-refractivity contribution in [3.05, 3.63) is 12.2 Å². The van der Waals surface area contributed by atoms with E-state index >= 15 is 0 Å². The average molecular weight is 122 g/mol. The van der Waals surface area contributed by atoms with Crippen molar-refractivity contribution in [2.45, 2.75) is 38.5 Å². The summed E-state index contributed by atoms with van der Waals surface area (Å²) in [5.41, 5.74) is 0.778. The van der Waals surface area contributed by atoms with E-state index in [4.69, 9.17) is 0 Å². The second kappa shape index (κ2) is 1.86. The van der Waals surface area contributed by atoms with Crippen molar-refractivity contribution >= 4 is 0 Å². The van der Waals surface area contributed by atoms with Crippen molar-refractivity contribution in [2.24, 2.45) is 5.41 Å². The second-order valence-corrected chi connectivity index (χ2v) is 3.59. The maximum absolute atomic E-state index is 2.37. The molecule has 0 amide bonds. The Hall–Kier alpha value is -0.260. The Morgan fingerprint density at radius 3 is 2.00 bits per heavy atom. The van der Waals surface area contributed by atoms with Crippen molar-refractivity contribution in [2.75, 3.05) is 0 Å². The third-order valence-corrected chi connectivity index (χ3v) is 2.93. The first-order chi connectivity index (χ1) is 4.41. The molecule has 50 valence electrons. The highest BCUT2D eigenvalue weighted by Gasteiger charge is 2.33. The van der Waals surface area contributed by atoms with Crippen LogP contribution in [0, 0.1) is 5.41 Å². The summed E-state index contributed by atoms with van der Waals surface area (Å²) in [4.78, 5) is 0. The van der Waals surface area contributed by atoms with Crippen molar-refractivity contribution in [1.29, 1.82) is 0 Å². The number of rotatable bonds is 0. The van der Waals surface area contributed by atoms with Crippen LogP contribution in [-0.2, 0) is 0 Å². The Bertz CT molecular complexity index is 117. The molecule has 0 aromatic rings. The van der Waals surface area contributed by atoms with Gasteiger partial charge in [-0.05, 0) is 31.1 Å². The van der Waals surface area contributed by atoms with Crippen LogP contribution in [0.25, 0.3) is 0 Å². The van der Waals surface area contributed by atoms with E-state index < -0.39 is 0 Å². The molecule has 9 heavy (non-hydrogen) atoms. The van der Waals surface area contributed by atoms with Gasteiger partial charge in [-0.25, -0.2) is 0 Å². The molecule has 0 atom stereocenters. The average Bonchev–Trinajstić information content (AvgIpc) is 2.45. The molecule has 0 aliphatic heterocycles. The molecule has 0 radical (unpaired) electrons. The van der Waals surface area contributed by atoms with Crippen molar-refractivity contribution in [1.82, 2.24) is 0 Å².